The Balaban J connectivity index is 0.00000210. The van der Waals surface area contributed by atoms with Crippen LogP contribution in [0.2, 0.25) is 5.02 Å². The molecule has 3 aromatic heterocycles. The number of carbonyl (C=O) groups excluding carboxylic acids is 2. The fourth-order valence-corrected chi connectivity index (χ4v) is 3.04. The van der Waals surface area contributed by atoms with Crippen molar-refractivity contribution in [2.75, 3.05) is 31.0 Å². The molecular weight excluding hydrogens is 478 g/mol. The second-order valence-corrected chi connectivity index (χ2v) is 6.90. The second-order valence-electron chi connectivity index (χ2n) is 6.50. The van der Waals surface area contributed by atoms with E-state index < -0.39 is 18.1 Å². The lowest BCUT2D eigenvalue weighted by Gasteiger charge is -2.19. The van der Waals surface area contributed by atoms with E-state index in [0.29, 0.717) is 22.8 Å². The number of halogens is 1. The number of nitrogens with one attached hydrogen (secondary N) is 2. The molecule has 0 aromatic carbocycles. The van der Waals surface area contributed by atoms with Crippen molar-refractivity contribution in [1.82, 2.24) is 25.0 Å². The maximum Gasteiger partial charge on any atom is 0.344 e. The average Bonchev–Trinajstić information content (AvgIpc) is 3.38. The first kappa shape index (κ1) is 27.5. The lowest BCUT2D eigenvalue weighted by atomic mass is 10.1. The van der Waals surface area contributed by atoms with Crippen molar-refractivity contribution in [2.45, 2.75) is 33.8 Å². The van der Waals surface area contributed by atoms with Gasteiger partial charge in [0.25, 0.3) is 0 Å². The van der Waals surface area contributed by atoms with Crippen LogP contribution in [0.3, 0.4) is 0 Å². The largest absolute Gasteiger partial charge is 0.480 e. The monoisotopic (exact) mass is 505 g/mol. The first-order valence-electron chi connectivity index (χ1n) is 10.8. The molecule has 0 radical (unpaired) electrons. The third-order valence-electron chi connectivity index (χ3n) is 4.30. The molecule has 3 rings (SSSR count). The molecule has 0 bridgehead atoms. The van der Waals surface area contributed by atoms with E-state index in [0.717, 1.165) is 0 Å². The normalized spacial score (nSPS) is 11.0. The average molecular weight is 506 g/mol. The first-order chi connectivity index (χ1) is 16.9. The van der Waals surface area contributed by atoms with E-state index in [-0.39, 0.29) is 24.0 Å². The molecule has 35 heavy (non-hydrogen) atoms. The number of hydrogen-bond donors (Lipinski definition) is 2. The van der Waals surface area contributed by atoms with E-state index in [2.05, 4.69) is 30.8 Å². The molecule has 2 amide bonds. The summed E-state index contributed by atoms with van der Waals surface area (Å²) in [6.07, 6.45) is 6.81. The molecule has 0 saturated carbocycles. The zero-order chi connectivity index (χ0) is 25.8. The van der Waals surface area contributed by atoms with Gasteiger partial charge in [0.15, 0.2) is 12.4 Å². The van der Waals surface area contributed by atoms with Crippen molar-refractivity contribution in [2.24, 2.45) is 0 Å². The van der Waals surface area contributed by atoms with Crippen LogP contribution < -0.4 is 15.4 Å². The van der Waals surface area contributed by atoms with E-state index in [4.69, 9.17) is 25.8 Å². The highest BCUT2D eigenvalue weighted by molar-refractivity contribution is 6.32. The van der Waals surface area contributed by atoms with Gasteiger partial charge in [0, 0.05) is 12.7 Å². The van der Waals surface area contributed by atoms with Crippen LogP contribution in [0.15, 0.2) is 37.1 Å². The van der Waals surface area contributed by atoms with Crippen LogP contribution in [0.5, 0.6) is 5.75 Å². The van der Waals surface area contributed by atoms with Gasteiger partial charge in [-0.3, -0.25) is 4.98 Å². The molecular formula is C22H28ClN7O5. The van der Waals surface area contributed by atoms with Crippen molar-refractivity contribution in [3.63, 3.8) is 0 Å². The minimum Gasteiger partial charge on any atom is -0.480 e. The Morgan fingerprint density at radius 2 is 1.86 bits per heavy atom. The van der Waals surface area contributed by atoms with Crippen LogP contribution in [-0.4, -0.2) is 57.3 Å². The van der Waals surface area contributed by atoms with Gasteiger partial charge < -0.3 is 24.8 Å². The molecule has 1 unspecified atom stereocenters. The predicted octanol–water partition coefficient (Wildman–Crippen LogP) is 4.03. The summed E-state index contributed by atoms with van der Waals surface area (Å²) in [6, 6.07) is 0.939. The number of pyridine rings is 2. The highest BCUT2D eigenvalue weighted by Crippen LogP contribution is 2.33. The summed E-state index contributed by atoms with van der Waals surface area (Å²) in [5.41, 5.74) is 1.18. The fourth-order valence-electron chi connectivity index (χ4n) is 2.80. The number of hydrogen-bond acceptors (Lipinski definition) is 9. The van der Waals surface area contributed by atoms with Gasteiger partial charge in [-0.1, -0.05) is 25.4 Å². The minimum atomic E-state index is -0.577. The Morgan fingerprint density at radius 3 is 2.49 bits per heavy atom. The molecule has 0 saturated heterocycles. The van der Waals surface area contributed by atoms with Gasteiger partial charge in [0.05, 0.1) is 60.1 Å². The number of anilines is 2. The summed E-state index contributed by atoms with van der Waals surface area (Å²) in [5.74, 6) is 0.0678. The number of amides is 2. The lowest BCUT2D eigenvalue weighted by molar-refractivity contribution is -0.145. The highest BCUT2D eigenvalue weighted by Gasteiger charge is 2.20. The zero-order valence-electron chi connectivity index (χ0n) is 20.1. The van der Waals surface area contributed by atoms with Gasteiger partial charge in [-0.05, 0) is 19.9 Å². The maximum atomic E-state index is 12.6. The molecule has 12 nitrogen and oxygen atoms in total. The summed E-state index contributed by atoms with van der Waals surface area (Å²) in [5, 5.41) is 13.5. The van der Waals surface area contributed by atoms with Crippen LogP contribution in [0.1, 0.15) is 39.4 Å². The molecule has 1 atom stereocenters. The molecule has 3 aromatic rings. The summed E-state index contributed by atoms with van der Waals surface area (Å²) >= 11 is 6.24. The van der Waals surface area contributed by atoms with E-state index >= 15 is 0 Å². The van der Waals surface area contributed by atoms with Crippen molar-refractivity contribution in [3.05, 3.63) is 47.6 Å². The number of methoxy groups -OCH3 is 1. The molecule has 13 heteroatoms. The number of urea groups is 1. The van der Waals surface area contributed by atoms with E-state index in [1.807, 2.05) is 13.8 Å². The summed E-state index contributed by atoms with van der Waals surface area (Å²) in [4.78, 5) is 33.8. The zero-order valence-corrected chi connectivity index (χ0v) is 20.9. The van der Waals surface area contributed by atoms with Gasteiger partial charge >= 0.3 is 12.0 Å². The molecule has 0 fully saturated rings. The van der Waals surface area contributed by atoms with Gasteiger partial charge in [-0.25, -0.2) is 14.6 Å². The molecule has 0 spiro atoms. The van der Waals surface area contributed by atoms with Crippen molar-refractivity contribution >= 4 is 35.0 Å². The predicted molar refractivity (Wildman–Crippen MR) is 130 cm³/mol. The third-order valence-corrected chi connectivity index (χ3v) is 4.58. The van der Waals surface area contributed by atoms with Crippen LogP contribution in [0.4, 0.5) is 16.2 Å². The second kappa shape index (κ2) is 13.8. The molecule has 0 aliphatic rings. The molecule has 0 aliphatic carbocycles. The lowest BCUT2D eigenvalue weighted by Crippen LogP contribution is -2.22. The Labute approximate surface area is 208 Å². The molecule has 188 valence electrons. The smallest absolute Gasteiger partial charge is 0.344 e. The number of aromatic nitrogens is 5. The number of carbonyl (C=O) groups is 2. The highest BCUT2D eigenvalue weighted by atomic mass is 35.5. The first-order valence-corrected chi connectivity index (χ1v) is 11.2. The van der Waals surface area contributed by atoms with Gasteiger partial charge in [0.2, 0.25) is 0 Å². The Morgan fingerprint density at radius 1 is 1.14 bits per heavy atom. The Hall–Kier alpha value is -3.77. The fraction of sp³-hybridized carbons (Fsp3) is 0.364. The Kier molecular flexibility index (Phi) is 10.8. The minimum absolute atomic E-state index is 0.238. The van der Waals surface area contributed by atoms with E-state index in [9.17, 15) is 9.59 Å². The standard InChI is InChI=1S/C20H22ClN7O5.C2H6/c1-4-32-17(29)11-33-16-10-22-9-15(18(16)12(2)31-3)27-20(30)26-13-7-14(21)19(23-8-13)28-24-5-6-25-28;1-2/h5-10,12H,4,11H2,1-3H3,(H2,26,27,30);1-2H3. The van der Waals surface area contributed by atoms with Crippen LogP contribution in [-0.2, 0) is 14.3 Å². The van der Waals surface area contributed by atoms with Gasteiger partial charge in [-0.15, -0.1) is 4.80 Å². The number of rotatable bonds is 9. The summed E-state index contributed by atoms with van der Waals surface area (Å²) in [7, 11) is 1.51. The number of esters is 1. The molecule has 2 N–H and O–H groups in total. The van der Waals surface area contributed by atoms with Crippen molar-refractivity contribution in [3.8, 4) is 11.6 Å². The van der Waals surface area contributed by atoms with Crippen molar-refractivity contribution < 1.29 is 23.8 Å². The SMILES string of the molecule is CC.CCOC(=O)COc1cncc(NC(=O)Nc2cnc(-n3nccn3)c(Cl)c2)c1C(C)OC. The molecule has 0 aliphatic heterocycles. The Bertz CT molecular complexity index is 1110. The summed E-state index contributed by atoms with van der Waals surface area (Å²) < 4.78 is 15.8. The maximum absolute atomic E-state index is 12.6. The van der Waals surface area contributed by atoms with Crippen LogP contribution >= 0.6 is 11.6 Å². The topological polar surface area (TPSA) is 142 Å². The van der Waals surface area contributed by atoms with E-state index in [1.54, 1.807) is 13.8 Å². The third kappa shape index (κ3) is 7.62. The van der Waals surface area contributed by atoms with Crippen LogP contribution in [0, 0.1) is 0 Å². The van der Waals surface area contributed by atoms with E-state index in [1.165, 1.54) is 49.0 Å². The number of ether oxygens (including phenoxy) is 3. The number of nitrogens with zero attached hydrogens (tertiary/aromatic N) is 5. The van der Waals surface area contributed by atoms with Crippen LogP contribution in [0.25, 0.3) is 5.82 Å². The summed E-state index contributed by atoms with van der Waals surface area (Å²) in [6.45, 7) is 7.39. The van der Waals surface area contributed by atoms with Gasteiger partial charge in [-0.2, -0.15) is 10.2 Å². The molecule has 3 heterocycles. The van der Waals surface area contributed by atoms with Crippen molar-refractivity contribution in [1.29, 1.82) is 0 Å². The quantitative estimate of drug-likeness (QED) is 0.412. The van der Waals surface area contributed by atoms with Gasteiger partial charge in [0.1, 0.15) is 5.75 Å².